The Labute approximate surface area is 172 Å². The molecule has 0 aliphatic carbocycles. The zero-order chi connectivity index (χ0) is 19.9. The second-order valence-electron chi connectivity index (χ2n) is 5.16. The van der Waals surface area contributed by atoms with Gasteiger partial charge < -0.3 is 9.68 Å². The summed E-state index contributed by atoms with van der Waals surface area (Å²) in [5.74, 6) is 0. The standard InChI is InChI=1S/C17H15Cl3N2O4S/c1-25-21-9-16(27(23,24)15-6-4-13(18)5-7-15)10-22-26-11-12-2-3-14(19)8-17(12)20/h2-10,16H,11H2,1H3/b21-9-,22-10+. The molecule has 0 bridgehead atoms. The number of sulfone groups is 1. The molecule has 0 aromatic heterocycles. The van der Waals surface area contributed by atoms with Crippen LogP contribution in [0.1, 0.15) is 5.56 Å². The number of oxime groups is 2. The van der Waals surface area contributed by atoms with Crippen molar-refractivity contribution in [3.63, 3.8) is 0 Å². The lowest BCUT2D eigenvalue weighted by atomic mass is 10.2. The molecule has 0 fully saturated rings. The topological polar surface area (TPSA) is 77.3 Å². The molecule has 0 N–H and O–H groups in total. The van der Waals surface area contributed by atoms with E-state index in [-0.39, 0.29) is 11.5 Å². The van der Waals surface area contributed by atoms with Crippen LogP contribution >= 0.6 is 34.8 Å². The monoisotopic (exact) mass is 448 g/mol. The van der Waals surface area contributed by atoms with Crippen LogP contribution in [0.3, 0.4) is 0 Å². The lowest BCUT2D eigenvalue weighted by Gasteiger charge is -2.09. The van der Waals surface area contributed by atoms with Crippen molar-refractivity contribution >= 4 is 57.1 Å². The maximum absolute atomic E-state index is 12.7. The van der Waals surface area contributed by atoms with E-state index in [1.165, 1.54) is 31.4 Å². The van der Waals surface area contributed by atoms with E-state index in [4.69, 9.17) is 39.6 Å². The van der Waals surface area contributed by atoms with E-state index in [0.29, 0.717) is 20.6 Å². The summed E-state index contributed by atoms with van der Waals surface area (Å²) in [5.41, 5.74) is 0.654. The molecule has 2 aromatic rings. The summed E-state index contributed by atoms with van der Waals surface area (Å²) >= 11 is 17.7. The van der Waals surface area contributed by atoms with Crippen molar-refractivity contribution in [3.8, 4) is 0 Å². The number of nitrogens with zero attached hydrogens (tertiary/aromatic N) is 2. The van der Waals surface area contributed by atoms with Gasteiger partial charge in [0, 0.05) is 20.6 Å². The number of benzene rings is 2. The Morgan fingerprint density at radius 1 is 1.00 bits per heavy atom. The van der Waals surface area contributed by atoms with E-state index in [9.17, 15) is 8.42 Å². The summed E-state index contributed by atoms with van der Waals surface area (Å²) in [5, 5.41) is 7.40. The van der Waals surface area contributed by atoms with Crippen molar-refractivity contribution in [1.29, 1.82) is 0 Å². The third-order valence-electron chi connectivity index (χ3n) is 3.33. The van der Waals surface area contributed by atoms with Crippen LogP contribution in [0.15, 0.2) is 57.7 Å². The molecule has 1 atom stereocenters. The molecule has 2 aromatic carbocycles. The van der Waals surface area contributed by atoms with Gasteiger partial charge in [0.15, 0.2) is 9.84 Å². The first-order valence-corrected chi connectivity index (χ1v) is 10.2. The van der Waals surface area contributed by atoms with Crippen LogP contribution in [-0.4, -0.2) is 33.2 Å². The smallest absolute Gasteiger partial charge is 0.191 e. The van der Waals surface area contributed by atoms with Crippen LogP contribution in [0, 0.1) is 0 Å². The number of rotatable bonds is 8. The number of hydrogen-bond acceptors (Lipinski definition) is 6. The molecule has 0 radical (unpaired) electrons. The highest BCUT2D eigenvalue weighted by molar-refractivity contribution is 7.93. The van der Waals surface area contributed by atoms with Crippen molar-refractivity contribution < 1.29 is 18.1 Å². The van der Waals surface area contributed by atoms with Crippen LogP contribution in [0.25, 0.3) is 0 Å². The second kappa shape index (κ2) is 9.94. The van der Waals surface area contributed by atoms with E-state index >= 15 is 0 Å². The summed E-state index contributed by atoms with van der Waals surface area (Å²) in [7, 11) is -2.51. The highest BCUT2D eigenvalue weighted by Crippen LogP contribution is 2.22. The average molecular weight is 450 g/mol. The molecule has 0 amide bonds. The van der Waals surface area contributed by atoms with Gasteiger partial charge in [0.1, 0.15) is 19.0 Å². The molecular formula is C17H15Cl3N2O4S. The van der Waals surface area contributed by atoms with Gasteiger partial charge in [-0.25, -0.2) is 8.42 Å². The Bertz CT molecular complexity index is 932. The zero-order valence-electron chi connectivity index (χ0n) is 14.1. The zero-order valence-corrected chi connectivity index (χ0v) is 17.1. The summed E-state index contributed by atoms with van der Waals surface area (Å²) in [6.07, 6.45) is 2.21. The van der Waals surface area contributed by atoms with Gasteiger partial charge in [0.25, 0.3) is 0 Å². The first-order chi connectivity index (χ1) is 12.8. The molecule has 6 nitrogen and oxygen atoms in total. The van der Waals surface area contributed by atoms with Crippen LogP contribution in [0.2, 0.25) is 15.1 Å². The largest absolute Gasteiger partial charge is 0.399 e. The van der Waals surface area contributed by atoms with E-state index < -0.39 is 15.1 Å². The maximum Gasteiger partial charge on any atom is 0.191 e. The fourth-order valence-corrected chi connectivity index (χ4v) is 3.79. The molecule has 0 spiro atoms. The predicted molar refractivity (Wildman–Crippen MR) is 108 cm³/mol. The van der Waals surface area contributed by atoms with Gasteiger partial charge in [-0.15, -0.1) is 0 Å². The summed E-state index contributed by atoms with van der Waals surface area (Å²) in [6.45, 7) is 0.0433. The summed E-state index contributed by atoms with van der Waals surface area (Å²) in [6, 6.07) is 10.7. The molecule has 0 saturated heterocycles. The molecule has 144 valence electrons. The van der Waals surface area contributed by atoms with Crippen molar-refractivity contribution in [2.75, 3.05) is 7.11 Å². The molecule has 10 heteroatoms. The highest BCUT2D eigenvalue weighted by Gasteiger charge is 2.25. The highest BCUT2D eigenvalue weighted by atomic mass is 35.5. The van der Waals surface area contributed by atoms with Crippen molar-refractivity contribution in [2.24, 2.45) is 10.3 Å². The Morgan fingerprint density at radius 3 is 2.26 bits per heavy atom. The van der Waals surface area contributed by atoms with Crippen molar-refractivity contribution in [2.45, 2.75) is 16.8 Å². The third-order valence-corrected chi connectivity index (χ3v) is 6.06. The predicted octanol–water partition coefficient (Wildman–Crippen LogP) is 4.62. The van der Waals surface area contributed by atoms with E-state index in [1.54, 1.807) is 18.2 Å². The first-order valence-electron chi connectivity index (χ1n) is 7.50. The molecule has 2 rings (SSSR count). The van der Waals surface area contributed by atoms with Crippen molar-refractivity contribution in [1.82, 2.24) is 0 Å². The minimum absolute atomic E-state index is 0.0433. The fraction of sp³-hybridized carbons (Fsp3) is 0.176. The summed E-state index contributed by atoms with van der Waals surface area (Å²) in [4.78, 5) is 9.79. The average Bonchev–Trinajstić information content (AvgIpc) is 2.62. The van der Waals surface area contributed by atoms with Gasteiger partial charge in [-0.1, -0.05) is 51.2 Å². The molecular weight excluding hydrogens is 435 g/mol. The normalized spacial score (nSPS) is 13.2. The molecule has 1 unspecified atom stereocenters. The number of hydrogen-bond donors (Lipinski definition) is 0. The Hall–Kier alpha value is -1.80. The fourth-order valence-electron chi connectivity index (χ4n) is 1.95. The van der Waals surface area contributed by atoms with E-state index in [1.807, 2.05) is 0 Å². The Balaban J connectivity index is 2.14. The van der Waals surface area contributed by atoms with Gasteiger partial charge in [-0.2, -0.15) is 0 Å². The lowest BCUT2D eigenvalue weighted by Crippen LogP contribution is -2.25. The third kappa shape index (κ3) is 6.10. The Kier molecular flexibility index (Phi) is 7.91. The van der Waals surface area contributed by atoms with Gasteiger partial charge in [0.05, 0.1) is 17.3 Å². The second-order valence-corrected chi connectivity index (χ2v) is 8.55. The SMILES string of the molecule is CO/N=C\C(/C=N/OCc1ccc(Cl)cc1Cl)S(=O)(=O)c1ccc(Cl)cc1. The molecule has 0 saturated carbocycles. The minimum atomic E-state index is -3.81. The molecule has 0 heterocycles. The van der Waals surface area contributed by atoms with Crippen LogP contribution < -0.4 is 0 Å². The molecule has 27 heavy (non-hydrogen) atoms. The van der Waals surface area contributed by atoms with Gasteiger partial charge in [-0.3, -0.25) is 0 Å². The van der Waals surface area contributed by atoms with Gasteiger partial charge in [0.2, 0.25) is 0 Å². The Morgan fingerprint density at radius 2 is 1.63 bits per heavy atom. The quantitative estimate of drug-likeness (QED) is 0.435. The maximum atomic E-state index is 12.7. The van der Waals surface area contributed by atoms with Crippen LogP contribution in [0.5, 0.6) is 0 Å². The van der Waals surface area contributed by atoms with E-state index in [2.05, 4.69) is 15.1 Å². The van der Waals surface area contributed by atoms with Crippen LogP contribution in [-0.2, 0) is 26.1 Å². The van der Waals surface area contributed by atoms with Gasteiger partial charge in [-0.05, 0) is 36.4 Å². The van der Waals surface area contributed by atoms with Gasteiger partial charge >= 0.3 is 0 Å². The van der Waals surface area contributed by atoms with Crippen molar-refractivity contribution in [3.05, 3.63) is 63.1 Å². The number of halogens is 3. The summed E-state index contributed by atoms with van der Waals surface area (Å²) < 4.78 is 25.5. The van der Waals surface area contributed by atoms with Crippen LogP contribution in [0.4, 0.5) is 0 Å². The molecule has 0 aliphatic rings. The van der Waals surface area contributed by atoms with E-state index in [0.717, 1.165) is 12.4 Å². The lowest BCUT2D eigenvalue weighted by molar-refractivity contribution is 0.132. The minimum Gasteiger partial charge on any atom is -0.399 e. The first kappa shape index (κ1) is 21.5. The molecule has 0 aliphatic heterocycles.